The van der Waals surface area contributed by atoms with E-state index in [1.165, 1.54) is 17.8 Å². The molecule has 170 valence electrons. The summed E-state index contributed by atoms with van der Waals surface area (Å²) in [6.07, 6.45) is -4.82. The molecule has 5 nitrogen and oxygen atoms in total. The van der Waals surface area contributed by atoms with Crippen LogP contribution in [0.5, 0.6) is 0 Å². The Hall–Kier alpha value is -2.25. The lowest BCUT2D eigenvalue weighted by Gasteiger charge is -2.20. The van der Waals surface area contributed by atoms with Crippen LogP contribution in [0.3, 0.4) is 0 Å². The van der Waals surface area contributed by atoms with Crippen LogP contribution in [0.4, 0.5) is 17.6 Å². The molecule has 1 saturated heterocycles. The second-order valence-corrected chi connectivity index (χ2v) is 8.30. The molecule has 1 fully saturated rings. The maximum absolute atomic E-state index is 13.4. The van der Waals surface area contributed by atoms with E-state index < -0.39 is 29.6 Å². The van der Waals surface area contributed by atoms with Gasteiger partial charge in [0.05, 0.1) is 11.6 Å². The minimum absolute atomic E-state index is 0.0618. The van der Waals surface area contributed by atoms with E-state index >= 15 is 0 Å². The van der Waals surface area contributed by atoms with Crippen LogP contribution in [0, 0.1) is 17.7 Å². The van der Waals surface area contributed by atoms with Crippen LogP contribution in [0.2, 0.25) is 0 Å². The van der Waals surface area contributed by atoms with Crippen molar-refractivity contribution in [1.82, 2.24) is 4.90 Å². The Morgan fingerprint density at radius 2 is 2.06 bits per heavy atom. The van der Waals surface area contributed by atoms with Crippen LogP contribution in [-0.4, -0.2) is 57.2 Å². The minimum Gasteiger partial charge on any atom is -0.481 e. The third-order valence-electron chi connectivity index (χ3n) is 4.67. The van der Waals surface area contributed by atoms with Crippen molar-refractivity contribution in [2.45, 2.75) is 50.4 Å². The zero-order valence-corrected chi connectivity index (χ0v) is 17.4. The number of carboxylic acids is 1. The number of hydrogen-bond acceptors (Lipinski definition) is 4. The first-order chi connectivity index (χ1) is 14.6. The standard InChI is InChI=1S/C21H23F4NO4S/c22-18-7-3-14(13-17(18)21(23,24)25)12-16(27)6-4-15-5-8-19(28)26(15)9-11-31-10-1-2-20(29)30/h3,7,13,15-16,27H,1-2,5,8-12H2,(H,29,30)/t15-,16+/m0/s1. The molecule has 1 heterocycles. The number of amides is 1. The summed E-state index contributed by atoms with van der Waals surface area (Å²) in [5.74, 6) is 4.42. The van der Waals surface area contributed by atoms with Gasteiger partial charge in [-0.05, 0) is 36.3 Å². The Labute approximate surface area is 181 Å². The highest BCUT2D eigenvalue weighted by atomic mass is 32.2. The number of carbonyl (C=O) groups excluding carboxylic acids is 1. The topological polar surface area (TPSA) is 77.8 Å². The van der Waals surface area contributed by atoms with Crippen LogP contribution in [0.15, 0.2) is 18.2 Å². The van der Waals surface area contributed by atoms with Gasteiger partial charge < -0.3 is 15.1 Å². The number of carboxylic acid groups (broad SMARTS) is 1. The van der Waals surface area contributed by atoms with Gasteiger partial charge in [0.2, 0.25) is 5.91 Å². The molecule has 0 saturated carbocycles. The number of likely N-dealkylation sites (tertiary alicyclic amines) is 1. The zero-order valence-electron chi connectivity index (χ0n) is 16.6. The van der Waals surface area contributed by atoms with Crippen LogP contribution in [0.1, 0.15) is 36.8 Å². The number of halogens is 4. The van der Waals surface area contributed by atoms with Crippen molar-refractivity contribution >= 4 is 23.6 Å². The smallest absolute Gasteiger partial charge is 0.419 e. The summed E-state index contributed by atoms with van der Waals surface area (Å²) in [6, 6.07) is 2.15. The van der Waals surface area contributed by atoms with Crippen LogP contribution >= 0.6 is 11.8 Å². The maximum atomic E-state index is 13.4. The van der Waals surface area contributed by atoms with Gasteiger partial charge >= 0.3 is 12.1 Å². The fourth-order valence-corrected chi connectivity index (χ4v) is 4.02. The molecule has 1 amide bonds. The van der Waals surface area contributed by atoms with Crippen molar-refractivity contribution in [2.24, 2.45) is 0 Å². The molecular weight excluding hydrogens is 438 g/mol. The summed E-state index contributed by atoms with van der Waals surface area (Å²) in [7, 11) is 0. The van der Waals surface area contributed by atoms with Crippen molar-refractivity contribution in [2.75, 3.05) is 18.1 Å². The molecule has 0 radical (unpaired) electrons. The van der Waals surface area contributed by atoms with Crippen molar-refractivity contribution in [3.8, 4) is 11.8 Å². The lowest BCUT2D eigenvalue weighted by atomic mass is 10.0. The molecular formula is C21H23F4NO4S. The lowest BCUT2D eigenvalue weighted by Crippen LogP contribution is -2.34. The monoisotopic (exact) mass is 461 g/mol. The second kappa shape index (κ2) is 11.4. The van der Waals surface area contributed by atoms with Gasteiger partial charge in [0, 0.05) is 31.6 Å². The molecule has 2 atom stereocenters. The highest BCUT2D eigenvalue weighted by Gasteiger charge is 2.34. The number of thioether (sulfide) groups is 1. The van der Waals surface area contributed by atoms with Gasteiger partial charge in [-0.1, -0.05) is 17.9 Å². The Morgan fingerprint density at radius 3 is 2.74 bits per heavy atom. The van der Waals surface area contributed by atoms with E-state index in [1.807, 2.05) is 0 Å². The molecule has 2 N–H and O–H groups in total. The van der Waals surface area contributed by atoms with E-state index in [9.17, 15) is 32.3 Å². The van der Waals surface area contributed by atoms with E-state index in [2.05, 4.69) is 11.8 Å². The SMILES string of the molecule is O=C(O)CCCSCCN1C(=O)CC[C@@H]1C#C[C@@H](O)Cc1ccc(F)c(C(F)(F)F)c1. The predicted molar refractivity (Wildman–Crippen MR) is 108 cm³/mol. The number of carbonyl (C=O) groups is 2. The molecule has 10 heteroatoms. The minimum atomic E-state index is -4.83. The van der Waals surface area contributed by atoms with Crippen molar-refractivity contribution in [1.29, 1.82) is 0 Å². The first-order valence-corrected chi connectivity index (χ1v) is 10.9. The Balaban J connectivity index is 1.89. The number of nitrogens with zero attached hydrogens (tertiary/aromatic N) is 1. The number of aliphatic hydroxyl groups is 1. The number of benzene rings is 1. The van der Waals surface area contributed by atoms with Crippen LogP contribution in [-0.2, 0) is 22.2 Å². The molecule has 1 aromatic carbocycles. The molecule has 1 aliphatic rings. The molecule has 0 spiro atoms. The molecule has 0 unspecified atom stereocenters. The van der Waals surface area contributed by atoms with Crippen LogP contribution < -0.4 is 0 Å². The Morgan fingerprint density at radius 1 is 1.32 bits per heavy atom. The van der Waals surface area contributed by atoms with Crippen molar-refractivity contribution in [3.05, 3.63) is 35.1 Å². The average Bonchev–Trinajstić information content (AvgIpc) is 3.03. The predicted octanol–water partition coefficient (Wildman–Crippen LogP) is 3.34. The number of aliphatic carboxylic acids is 1. The molecule has 0 aliphatic carbocycles. The maximum Gasteiger partial charge on any atom is 0.419 e. The summed E-state index contributed by atoms with van der Waals surface area (Å²) in [6.45, 7) is 0.443. The largest absolute Gasteiger partial charge is 0.481 e. The summed E-state index contributed by atoms with van der Waals surface area (Å²) in [4.78, 5) is 24.1. The van der Waals surface area contributed by atoms with E-state index in [4.69, 9.17) is 5.11 Å². The highest BCUT2D eigenvalue weighted by molar-refractivity contribution is 7.99. The van der Waals surface area contributed by atoms with Crippen molar-refractivity contribution in [3.63, 3.8) is 0 Å². The third kappa shape index (κ3) is 8.07. The number of rotatable bonds is 9. The van der Waals surface area contributed by atoms with E-state index in [0.717, 1.165) is 0 Å². The lowest BCUT2D eigenvalue weighted by molar-refractivity contribution is -0.140. The van der Waals surface area contributed by atoms with Gasteiger partial charge in [-0.3, -0.25) is 9.59 Å². The molecule has 31 heavy (non-hydrogen) atoms. The number of aliphatic hydroxyl groups excluding tert-OH is 1. The van der Waals surface area contributed by atoms with Gasteiger partial charge in [-0.2, -0.15) is 24.9 Å². The second-order valence-electron chi connectivity index (χ2n) is 7.07. The van der Waals surface area contributed by atoms with Gasteiger partial charge in [0.15, 0.2) is 0 Å². The number of alkyl halides is 3. The van der Waals surface area contributed by atoms with E-state index in [1.54, 1.807) is 4.90 Å². The van der Waals surface area contributed by atoms with Gasteiger partial charge in [0.1, 0.15) is 11.9 Å². The van der Waals surface area contributed by atoms with E-state index in [-0.39, 0.29) is 30.4 Å². The number of hydrogen-bond donors (Lipinski definition) is 2. The molecule has 0 bridgehead atoms. The van der Waals surface area contributed by atoms with Gasteiger partial charge in [-0.25, -0.2) is 4.39 Å². The van der Waals surface area contributed by atoms with Gasteiger partial charge in [0.25, 0.3) is 0 Å². The fraction of sp³-hybridized carbons (Fsp3) is 0.524. The summed E-state index contributed by atoms with van der Waals surface area (Å²) in [5, 5.41) is 18.7. The van der Waals surface area contributed by atoms with E-state index in [0.29, 0.717) is 49.4 Å². The molecule has 2 rings (SSSR count). The molecule has 1 aliphatic heterocycles. The fourth-order valence-electron chi connectivity index (χ4n) is 3.14. The Bertz CT molecular complexity index is 850. The summed E-state index contributed by atoms with van der Waals surface area (Å²) in [5.41, 5.74) is -1.29. The molecule has 1 aromatic rings. The van der Waals surface area contributed by atoms with Crippen molar-refractivity contribution < 1.29 is 37.4 Å². The Kier molecular flexibility index (Phi) is 9.19. The van der Waals surface area contributed by atoms with Gasteiger partial charge in [-0.15, -0.1) is 0 Å². The molecule has 0 aromatic heterocycles. The average molecular weight is 461 g/mol. The first kappa shape index (κ1) is 25.0. The highest BCUT2D eigenvalue weighted by Crippen LogP contribution is 2.32. The quantitative estimate of drug-likeness (QED) is 0.335. The first-order valence-electron chi connectivity index (χ1n) is 9.71. The summed E-state index contributed by atoms with van der Waals surface area (Å²) < 4.78 is 51.8. The summed E-state index contributed by atoms with van der Waals surface area (Å²) >= 11 is 1.54. The zero-order chi connectivity index (χ0) is 23.0. The van der Waals surface area contributed by atoms with Crippen LogP contribution in [0.25, 0.3) is 0 Å². The third-order valence-corrected chi connectivity index (χ3v) is 5.71. The normalized spacial score (nSPS) is 17.4.